The number of anilines is 1. The van der Waals surface area contributed by atoms with Gasteiger partial charge in [0.1, 0.15) is 23.5 Å². The van der Waals surface area contributed by atoms with Crippen molar-refractivity contribution in [3.8, 4) is 11.1 Å². The molecule has 0 spiro atoms. The molecule has 9 nitrogen and oxygen atoms in total. The van der Waals surface area contributed by atoms with Crippen LogP contribution in [0.3, 0.4) is 0 Å². The maximum absolute atomic E-state index is 13.5. The lowest BCUT2D eigenvalue weighted by molar-refractivity contribution is -0.131. The van der Waals surface area contributed by atoms with E-state index >= 15 is 0 Å². The molecule has 42 heavy (non-hydrogen) atoms. The number of aryl methyl sites for hydroxylation is 1. The molecule has 1 saturated heterocycles. The summed E-state index contributed by atoms with van der Waals surface area (Å²) in [6.07, 6.45) is 0.614. The van der Waals surface area contributed by atoms with Crippen molar-refractivity contribution >= 4 is 23.7 Å². The lowest BCUT2D eigenvalue weighted by Crippen LogP contribution is -2.52. The highest BCUT2D eigenvalue weighted by Gasteiger charge is 2.42. The van der Waals surface area contributed by atoms with Crippen molar-refractivity contribution in [1.29, 1.82) is 0 Å². The van der Waals surface area contributed by atoms with E-state index in [0.717, 1.165) is 27.9 Å². The zero-order valence-corrected chi connectivity index (χ0v) is 25.0. The molecule has 1 aliphatic rings. The van der Waals surface area contributed by atoms with Crippen LogP contribution < -0.4 is 16.4 Å². The van der Waals surface area contributed by atoms with Crippen LogP contribution in [-0.2, 0) is 27.3 Å². The second kappa shape index (κ2) is 13.1. The van der Waals surface area contributed by atoms with Gasteiger partial charge in [0, 0.05) is 18.8 Å². The molecule has 2 unspecified atom stereocenters. The normalized spacial score (nSPS) is 17.4. The van der Waals surface area contributed by atoms with E-state index in [2.05, 4.69) is 39.9 Å². The van der Waals surface area contributed by atoms with Crippen molar-refractivity contribution in [2.24, 2.45) is 5.92 Å². The Morgan fingerprint density at radius 1 is 1.02 bits per heavy atom. The first-order valence-corrected chi connectivity index (χ1v) is 14.3. The quantitative estimate of drug-likeness (QED) is 0.362. The van der Waals surface area contributed by atoms with Gasteiger partial charge in [-0.05, 0) is 81.7 Å². The predicted molar refractivity (Wildman–Crippen MR) is 163 cm³/mol. The number of carbonyl (C=O) groups excluding carboxylic acids is 3. The number of nitrogen functional groups attached to an aromatic ring is 1. The summed E-state index contributed by atoms with van der Waals surface area (Å²) in [7, 11) is 0. The average molecular weight is 572 g/mol. The minimum atomic E-state index is -0.808. The van der Waals surface area contributed by atoms with E-state index in [-0.39, 0.29) is 24.3 Å². The smallest absolute Gasteiger partial charge is 0.410 e. The van der Waals surface area contributed by atoms with Crippen molar-refractivity contribution in [1.82, 2.24) is 20.5 Å². The Balaban J connectivity index is 1.46. The van der Waals surface area contributed by atoms with Crippen LogP contribution in [-0.4, -0.2) is 52.0 Å². The molecule has 2 aromatic carbocycles. The van der Waals surface area contributed by atoms with Gasteiger partial charge in [-0.3, -0.25) is 14.5 Å². The van der Waals surface area contributed by atoms with E-state index < -0.39 is 23.8 Å². The number of nitrogens with zero attached hydrogens (tertiary/aromatic N) is 2. The number of nitrogens with one attached hydrogen (secondary N) is 2. The van der Waals surface area contributed by atoms with Gasteiger partial charge in [-0.25, -0.2) is 9.78 Å². The Labute approximate surface area is 247 Å². The Kier molecular flexibility index (Phi) is 9.50. The van der Waals surface area contributed by atoms with Gasteiger partial charge in [0.2, 0.25) is 11.8 Å². The van der Waals surface area contributed by atoms with E-state index in [9.17, 15) is 14.4 Å². The van der Waals surface area contributed by atoms with Gasteiger partial charge in [0.25, 0.3) is 0 Å². The topological polar surface area (TPSA) is 127 Å². The molecule has 0 bridgehead atoms. The maximum Gasteiger partial charge on any atom is 0.410 e. The van der Waals surface area contributed by atoms with Crippen molar-refractivity contribution in [3.05, 3.63) is 83.6 Å². The van der Waals surface area contributed by atoms with E-state index in [0.29, 0.717) is 25.2 Å². The highest BCUT2D eigenvalue weighted by molar-refractivity contribution is 5.91. The second-order valence-electron chi connectivity index (χ2n) is 11.9. The number of carbonyl (C=O) groups is 3. The minimum Gasteiger partial charge on any atom is -0.444 e. The standard InChI is InChI=1S/C33H41N5O4/c1-21-26(15-16-29(34)36-21)19-35-30(39)22(2)37-31(40)28-18-23(20-38(28)32(41)42-33(3,4)5)17-25-13-9-10-14-27(25)24-11-7-6-8-12-24/h6-16,22-23,28H,17-20H2,1-5H3,(H2,34,36)(H,35,39)(H,37,40)/t22-,23?,28?/m0/s1. The van der Waals surface area contributed by atoms with Crippen molar-refractivity contribution < 1.29 is 19.1 Å². The number of ether oxygens (including phenoxy) is 1. The van der Waals surface area contributed by atoms with E-state index in [1.54, 1.807) is 33.8 Å². The van der Waals surface area contributed by atoms with E-state index in [1.807, 2.05) is 43.3 Å². The molecule has 4 N–H and O–H groups in total. The van der Waals surface area contributed by atoms with Gasteiger partial charge in [0.15, 0.2) is 0 Å². The van der Waals surface area contributed by atoms with Crippen molar-refractivity contribution in [2.45, 2.75) is 71.7 Å². The number of rotatable bonds is 8. The van der Waals surface area contributed by atoms with E-state index in [4.69, 9.17) is 10.5 Å². The van der Waals surface area contributed by atoms with Gasteiger partial charge in [0.05, 0.1) is 0 Å². The summed E-state index contributed by atoms with van der Waals surface area (Å²) in [6, 6.07) is 20.3. The Bertz CT molecular complexity index is 1420. The number of likely N-dealkylation sites (tertiary alicyclic amines) is 1. The van der Waals surface area contributed by atoms with Crippen LogP contribution in [0.2, 0.25) is 0 Å². The summed E-state index contributed by atoms with van der Waals surface area (Å²) in [5.41, 5.74) is 9.97. The van der Waals surface area contributed by atoms with Gasteiger partial charge >= 0.3 is 6.09 Å². The number of nitrogens with two attached hydrogens (primary N) is 1. The minimum absolute atomic E-state index is 0.0308. The lowest BCUT2D eigenvalue weighted by Gasteiger charge is -2.28. The number of hydrogen-bond donors (Lipinski definition) is 3. The molecule has 3 amide bonds. The molecule has 1 fully saturated rings. The van der Waals surface area contributed by atoms with Gasteiger partial charge in [-0.15, -0.1) is 0 Å². The molecule has 9 heteroatoms. The molecule has 2 heterocycles. The summed E-state index contributed by atoms with van der Waals surface area (Å²) in [5.74, 6) is -0.276. The monoisotopic (exact) mass is 571 g/mol. The van der Waals surface area contributed by atoms with Crippen LogP contribution in [0.4, 0.5) is 10.6 Å². The number of benzene rings is 2. The molecular weight excluding hydrogens is 530 g/mol. The molecule has 0 aliphatic carbocycles. The third kappa shape index (κ3) is 7.87. The molecule has 1 aliphatic heterocycles. The molecule has 4 rings (SSSR count). The number of pyridine rings is 1. The van der Waals surface area contributed by atoms with Crippen molar-refractivity contribution in [3.63, 3.8) is 0 Å². The predicted octanol–water partition coefficient (Wildman–Crippen LogP) is 4.63. The van der Waals surface area contributed by atoms with Crippen LogP contribution in [0.5, 0.6) is 0 Å². The fourth-order valence-electron chi connectivity index (χ4n) is 5.26. The lowest BCUT2D eigenvalue weighted by atomic mass is 9.91. The highest BCUT2D eigenvalue weighted by Crippen LogP contribution is 2.32. The second-order valence-corrected chi connectivity index (χ2v) is 11.9. The maximum atomic E-state index is 13.5. The summed E-state index contributed by atoms with van der Waals surface area (Å²) < 4.78 is 5.67. The SMILES string of the molecule is Cc1nc(N)ccc1CNC(=O)[C@H](C)NC(=O)C1CC(Cc2ccccc2-c2ccccc2)CN1C(=O)OC(C)(C)C. The fourth-order valence-corrected chi connectivity index (χ4v) is 5.26. The molecular formula is C33H41N5O4. The molecule has 222 valence electrons. The molecule has 3 aromatic rings. The first kappa shape index (κ1) is 30.6. The van der Waals surface area contributed by atoms with Crippen LogP contribution in [0, 0.1) is 12.8 Å². The Hall–Kier alpha value is -4.40. The summed E-state index contributed by atoms with van der Waals surface area (Å²) in [6.45, 7) is 9.48. The zero-order chi connectivity index (χ0) is 30.4. The average Bonchev–Trinajstić information content (AvgIpc) is 3.36. The summed E-state index contributed by atoms with van der Waals surface area (Å²) in [5, 5.41) is 5.66. The van der Waals surface area contributed by atoms with Crippen molar-refractivity contribution in [2.75, 3.05) is 12.3 Å². The highest BCUT2D eigenvalue weighted by atomic mass is 16.6. The zero-order valence-electron chi connectivity index (χ0n) is 25.0. The first-order valence-electron chi connectivity index (χ1n) is 14.3. The Morgan fingerprint density at radius 2 is 1.71 bits per heavy atom. The molecule has 0 radical (unpaired) electrons. The largest absolute Gasteiger partial charge is 0.444 e. The summed E-state index contributed by atoms with van der Waals surface area (Å²) >= 11 is 0. The molecule has 3 atom stereocenters. The number of hydrogen-bond acceptors (Lipinski definition) is 6. The molecule has 1 aromatic heterocycles. The van der Waals surface area contributed by atoms with E-state index in [1.165, 1.54) is 4.90 Å². The number of aromatic nitrogens is 1. The van der Waals surface area contributed by atoms with Crippen LogP contribution in [0.25, 0.3) is 11.1 Å². The number of amides is 3. The van der Waals surface area contributed by atoms with Crippen LogP contribution in [0.15, 0.2) is 66.7 Å². The van der Waals surface area contributed by atoms with Gasteiger partial charge in [-0.2, -0.15) is 0 Å². The van der Waals surface area contributed by atoms with Gasteiger partial charge in [-0.1, -0.05) is 60.7 Å². The van der Waals surface area contributed by atoms with Crippen LogP contribution >= 0.6 is 0 Å². The first-order chi connectivity index (χ1) is 19.9. The van der Waals surface area contributed by atoms with Gasteiger partial charge < -0.3 is 21.1 Å². The van der Waals surface area contributed by atoms with Crippen LogP contribution in [0.1, 0.15) is 50.9 Å². The summed E-state index contributed by atoms with van der Waals surface area (Å²) in [4.78, 5) is 45.3. The third-order valence-corrected chi connectivity index (χ3v) is 7.35. The fraction of sp³-hybridized carbons (Fsp3) is 0.394. The molecule has 0 saturated carbocycles. The Morgan fingerprint density at radius 3 is 2.40 bits per heavy atom. The third-order valence-electron chi connectivity index (χ3n) is 7.35.